The Morgan fingerprint density at radius 1 is 1.22 bits per heavy atom. The molecule has 2 aliphatic rings. The van der Waals surface area contributed by atoms with Crippen molar-refractivity contribution in [2.24, 2.45) is 0 Å². The van der Waals surface area contributed by atoms with Crippen LogP contribution in [-0.4, -0.2) is 58.8 Å². The Labute approximate surface area is 189 Å². The van der Waals surface area contributed by atoms with Crippen LogP contribution in [0.2, 0.25) is 0 Å². The van der Waals surface area contributed by atoms with Gasteiger partial charge in [-0.15, -0.1) is 0 Å². The number of nitrogens with one attached hydrogen (secondary N) is 1. The minimum Gasteiger partial charge on any atom is -0.496 e. The first-order chi connectivity index (χ1) is 15.5. The fraction of sp³-hybridized carbons (Fsp3) is 0.500. The van der Waals surface area contributed by atoms with Gasteiger partial charge in [0.2, 0.25) is 11.8 Å². The first-order valence-electron chi connectivity index (χ1n) is 11.3. The summed E-state index contributed by atoms with van der Waals surface area (Å²) >= 11 is 0. The Morgan fingerprint density at radius 2 is 2.03 bits per heavy atom. The van der Waals surface area contributed by atoms with E-state index in [2.05, 4.69) is 5.32 Å². The molecule has 0 spiro atoms. The zero-order valence-corrected chi connectivity index (χ0v) is 19.1. The number of aromatic nitrogens is 2. The first-order valence-corrected chi connectivity index (χ1v) is 11.3. The molecular formula is C24H31N5O3. The van der Waals surface area contributed by atoms with Gasteiger partial charge in [-0.05, 0) is 37.3 Å². The topological polar surface area (TPSA) is 87.7 Å². The summed E-state index contributed by atoms with van der Waals surface area (Å²) in [4.78, 5) is 38.4. The number of methoxy groups -OCH3 is 1. The number of benzene rings is 1. The Balaban J connectivity index is 1.53. The van der Waals surface area contributed by atoms with Gasteiger partial charge < -0.3 is 19.9 Å². The summed E-state index contributed by atoms with van der Waals surface area (Å²) in [5.41, 5.74) is 2.99. The molecule has 8 nitrogen and oxygen atoms in total. The lowest BCUT2D eigenvalue weighted by atomic mass is 10.0. The number of rotatable bonds is 6. The van der Waals surface area contributed by atoms with E-state index in [-0.39, 0.29) is 17.9 Å². The van der Waals surface area contributed by atoms with Crippen LogP contribution in [0.4, 0.5) is 5.82 Å². The molecule has 1 fully saturated rings. The van der Waals surface area contributed by atoms with Gasteiger partial charge in [0.15, 0.2) is 5.82 Å². The number of aryl methyl sites for hydroxylation is 1. The van der Waals surface area contributed by atoms with Crippen molar-refractivity contribution < 1.29 is 14.3 Å². The van der Waals surface area contributed by atoms with Gasteiger partial charge in [0, 0.05) is 39.0 Å². The second-order valence-corrected chi connectivity index (χ2v) is 8.35. The number of carbonyl (C=O) groups excluding carboxylic acids is 2. The standard InChI is InChI=1S/C24H31N5O3/c1-16(30)28-14-12-18-19(15-28)26-24(27-23(18)25-2)20-8-6-13-29(20)22(31)11-10-17-7-4-5-9-21(17)32-3/h4-5,7,9,20H,6,8,10-15H2,1-3H3,(H,25,26,27)/t20-/m0/s1. The van der Waals surface area contributed by atoms with Gasteiger partial charge in [-0.1, -0.05) is 18.2 Å². The highest BCUT2D eigenvalue weighted by Crippen LogP contribution is 2.34. The van der Waals surface area contributed by atoms with Crippen LogP contribution < -0.4 is 10.1 Å². The molecule has 1 N–H and O–H groups in total. The summed E-state index contributed by atoms with van der Waals surface area (Å²) in [7, 11) is 3.51. The van der Waals surface area contributed by atoms with E-state index in [0.29, 0.717) is 38.3 Å². The van der Waals surface area contributed by atoms with Gasteiger partial charge in [-0.2, -0.15) is 0 Å². The summed E-state index contributed by atoms with van der Waals surface area (Å²) in [6.07, 6.45) is 3.56. The van der Waals surface area contributed by atoms with E-state index in [0.717, 1.165) is 47.7 Å². The number of carbonyl (C=O) groups is 2. The highest BCUT2D eigenvalue weighted by atomic mass is 16.5. The number of hydrogen-bond acceptors (Lipinski definition) is 6. The average molecular weight is 438 g/mol. The van der Waals surface area contributed by atoms with Crippen LogP contribution in [0, 0.1) is 0 Å². The van der Waals surface area contributed by atoms with E-state index < -0.39 is 0 Å². The number of ether oxygens (including phenoxy) is 1. The van der Waals surface area contributed by atoms with E-state index in [1.165, 1.54) is 0 Å². The molecule has 2 amide bonds. The van der Waals surface area contributed by atoms with Crippen molar-refractivity contribution in [3.8, 4) is 5.75 Å². The Morgan fingerprint density at radius 3 is 2.78 bits per heavy atom. The third-order valence-corrected chi connectivity index (χ3v) is 6.44. The molecule has 1 aromatic heterocycles. The first kappa shape index (κ1) is 22.0. The normalized spacial score (nSPS) is 17.8. The van der Waals surface area contributed by atoms with Gasteiger partial charge in [0.25, 0.3) is 0 Å². The van der Waals surface area contributed by atoms with E-state index in [4.69, 9.17) is 14.7 Å². The average Bonchev–Trinajstić information content (AvgIpc) is 3.31. The Hall–Kier alpha value is -3.16. The summed E-state index contributed by atoms with van der Waals surface area (Å²) < 4.78 is 5.42. The van der Waals surface area contributed by atoms with Crippen LogP contribution in [0.25, 0.3) is 0 Å². The molecule has 170 valence electrons. The van der Waals surface area contributed by atoms with Crippen LogP contribution in [-0.2, 0) is 29.0 Å². The Bertz CT molecular complexity index is 1010. The van der Waals surface area contributed by atoms with Gasteiger partial charge in [0.1, 0.15) is 11.6 Å². The molecule has 1 saturated heterocycles. The number of fused-ring (bicyclic) bond motifs is 1. The van der Waals surface area contributed by atoms with Crippen molar-refractivity contribution in [3.63, 3.8) is 0 Å². The fourth-order valence-electron chi connectivity index (χ4n) is 4.70. The number of likely N-dealkylation sites (tertiary alicyclic amines) is 1. The van der Waals surface area contributed by atoms with E-state index >= 15 is 0 Å². The zero-order valence-electron chi connectivity index (χ0n) is 19.1. The minimum atomic E-state index is -0.134. The quantitative estimate of drug-likeness (QED) is 0.748. The van der Waals surface area contributed by atoms with E-state index in [1.54, 1.807) is 14.0 Å². The molecule has 3 heterocycles. The maximum absolute atomic E-state index is 13.1. The predicted octanol–water partition coefficient (Wildman–Crippen LogP) is 2.73. The molecular weight excluding hydrogens is 406 g/mol. The van der Waals surface area contributed by atoms with Crippen molar-refractivity contribution in [2.45, 2.75) is 51.6 Å². The number of para-hydroxylation sites is 1. The predicted molar refractivity (Wildman–Crippen MR) is 121 cm³/mol. The van der Waals surface area contributed by atoms with Crippen molar-refractivity contribution in [3.05, 3.63) is 46.9 Å². The number of anilines is 1. The van der Waals surface area contributed by atoms with Crippen LogP contribution in [0.5, 0.6) is 5.75 Å². The smallest absolute Gasteiger partial charge is 0.223 e. The molecule has 1 aromatic carbocycles. The molecule has 8 heteroatoms. The largest absolute Gasteiger partial charge is 0.496 e. The second-order valence-electron chi connectivity index (χ2n) is 8.35. The van der Waals surface area contributed by atoms with Crippen LogP contribution in [0.3, 0.4) is 0 Å². The lowest BCUT2D eigenvalue weighted by Crippen LogP contribution is -2.36. The van der Waals surface area contributed by atoms with Gasteiger partial charge in [0.05, 0.1) is 25.4 Å². The molecule has 0 saturated carbocycles. The molecule has 0 aliphatic carbocycles. The van der Waals surface area contributed by atoms with Crippen molar-refractivity contribution in [1.29, 1.82) is 0 Å². The van der Waals surface area contributed by atoms with Crippen molar-refractivity contribution in [2.75, 3.05) is 32.6 Å². The van der Waals surface area contributed by atoms with Crippen LogP contribution in [0.15, 0.2) is 24.3 Å². The molecule has 0 bridgehead atoms. The van der Waals surface area contributed by atoms with Gasteiger partial charge in [-0.25, -0.2) is 9.97 Å². The lowest BCUT2D eigenvalue weighted by molar-refractivity contribution is -0.132. The SMILES string of the molecule is CNc1nc([C@@H]2CCCN2C(=O)CCc2ccccc2OC)nc2c1CCN(C(C)=O)C2. The maximum atomic E-state index is 13.1. The molecule has 0 unspecified atom stereocenters. The fourth-order valence-corrected chi connectivity index (χ4v) is 4.70. The van der Waals surface area contributed by atoms with Gasteiger partial charge >= 0.3 is 0 Å². The highest BCUT2D eigenvalue weighted by Gasteiger charge is 2.33. The third-order valence-electron chi connectivity index (χ3n) is 6.44. The summed E-state index contributed by atoms with van der Waals surface area (Å²) in [6.45, 7) is 3.47. The van der Waals surface area contributed by atoms with E-state index in [1.807, 2.05) is 41.1 Å². The third kappa shape index (κ3) is 4.40. The van der Waals surface area contributed by atoms with Crippen molar-refractivity contribution in [1.82, 2.24) is 19.8 Å². The molecule has 1 atom stereocenters. The molecule has 4 rings (SSSR count). The maximum Gasteiger partial charge on any atom is 0.223 e. The van der Waals surface area contributed by atoms with E-state index in [9.17, 15) is 9.59 Å². The minimum absolute atomic E-state index is 0.0517. The molecule has 0 radical (unpaired) electrons. The molecule has 2 aliphatic heterocycles. The van der Waals surface area contributed by atoms with Gasteiger partial charge in [-0.3, -0.25) is 9.59 Å². The van der Waals surface area contributed by atoms with Crippen LogP contribution >= 0.6 is 0 Å². The second kappa shape index (κ2) is 9.54. The van der Waals surface area contributed by atoms with Crippen LogP contribution in [0.1, 0.15) is 54.9 Å². The zero-order chi connectivity index (χ0) is 22.7. The number of hydrogen-bond donors (Lipinski definition) is 1. The van der Waals surface area contributed by atoms with Crippen molar-refractivity contribution >= 4 is 17.6 Å². The molecule has 2 aromatic rings. The summed E-state index contributed by atoms with van der Waals surface area (Å²) in [5, 5.41) is 3.19. The highest BCUT2D eigenvalue weighted by molar-refractivity contribution is 5.77. The molecule has 32 heavy (non-hydrogen) atoms. The number of nitrogens with zero attached hydrogens (tertiary/aromatic N) is 4. The lowest BCUT2D eigenvalue weighted by Gasteiger charge is -2.30. The summed E-state index contributed by atoms with van der Waals surface area (Å²) in [5.74, 6) is 2.44. The summed E-state index contributed by atoms with van der Waals surface area (Å²) in [6, 6.07) is 7.68. The Kier molecular flexibility index (Phi) is 6.58. The monoisotopic (exact) mass is 437 g/mol. The number of amides is 2.